The minimum atomic E-state index is -3.09. The van der Waals surface area contributed by atoms with E-state index in [9.17, 15) is 13.2 Å². The summed E-state index contributed by atoms with van der Waals surface area (Å²) in [6.45, 7) is 0. The Hall–Kier alpha value is -1.36. The predicted molar refractivity (Wildman–Crippen MR) is 69.8 cm³/mol. The monoisotopic (exact) mass is 270 g/mol. The number of unbranched alkanes of at least 4 members (excludes halogenated alkanes) is 1. The van der Waals surface area contributed by atoms with Crippen molar-refractivity contribution >= 4 is 15.8 Å². The smallest absolute Gasteiger partial charge is 0.305 e. The number of hydrogen-bond acceptors (Lipinski definition) is 4. The van der Waals surface area contributed by atoms with Crippen LogP contribution in [-0.4, -0.2) is 27.2 Å². The van der Waals surface area contributed by atoms with E-state index >= 15 is 0 Å². The molecular weight excluding hydrogens is 252 g/mol. The van der Waals surface area contributed by atoms with E-state index in [0.717, 1.165) is 5.56 Å². The maximum atomic E-state index is 11.8. The summed E-state index contributed by atoms with van der Waals surface area (Å²) in [6, 6.07) is 9.09. The molecule has 0 aromatic heterocycles. The van der Waals surface area contributed by atoms with Crippen LogP contribution in [0.25, 0.3) is 0 Å². The number of benzene rings is 1. The molecule has 0 unspecified atom stereocenters. The molecule has 0 spiro atoms. The van der Waals surface area contributed by atoms with Crippen molar-refractivity contribution < 1.29 is 17.9 Å². The molecule has 0 heterocycles. The Morgan fingerprint density at radius 2 is 1.83 bits per heavy atom. The highest BCUT2D eigenvalue weighted by atomic mass is 32.2. The van der Waals surface area contributed by atoms with Crippen LogP contribution in [-0.2, 0) is 25.1 Å². The summed E-state index contributed by atoms with van der Waals surface area (Å²) in [7, 11) is -1.76. The third-order valence-electron chi connectivity index (χ3n) is 2.54. The largest absolute Gasteiger partial charge is 0.469 e. The van der Waals surface area contributed by atoms with Gasteiger partial charge in [-0.05, 0) is 18.4 Å². The van der Waals surface area contributed by atoms with Gasteiger partial charge in [-0.1, -0.05) is 30.3 Å². The van der Waals surface area contributed by atoms with Crippen LogP contribution >= 0.6 is 0 Å². The highest BCUT2D eigenvalue weighted by Gasteiger charge is 2.12. The third kappa shape index (κ3) is 5.82. The average molecular weight is 270 g/mol. The molecule has 0 fully saturated rings. The SMILES string of the molecule is COC(=O)CCCCS(=O)(=O)Cc1ccccc1. The summed E-state index contributed by atoms with van der Waals surface area (Å²) in [6.07, 6.45) is 1.31. The second-order valence-corrected chi connectivity index (χ2v) is 6.29. The lowest BCUT2D eigenvalue weighted by atomic mass is 10.2. The standard InChI is InChI=1S/C13H18O4S/c1-17-13(14)9-5-6-10-18(15,16)11-12-7-3-2-4-8-12/h2-4,7-8H,5-6,9-11H2,1H3. The van der Waals surface area contributed by atoms with Crippen LogP contribution in [0.2, 0.25) is 0 Å². The maximum absolute atomic E-state index is 11.8. The maximum Gasteiger partial charge on any atom is 0.305 e. The molecule has 0 saturated carbocycles. The molecule has 5 heteroatoms. The number of methoxy groups -OCH3 is 1. The number of esters is 1. The third-order valence-corrected chi connectivity index (χ3v) is 4.23. The van der Waals surface area contributed by atoms with Crippen molar-refractivity contribution in [3.05, 3.63) is 35.9 Å². The lowest BCUT2D eigenvalue weighted by Gasteiger charge is -2.04. The molecule has 0 amide bonds. The van der Waals surface area contributed by atoms with Crippen molar-refractivity contribution in [2.45, 2.75) is 25.0 Å². The van der Waals surface area contributed by atoms with Gasteiger partial charge in [-0.15, -0.1) is 0 Å². The highest BCUT2D eigenvalue weighted by molar-refractivity contribution is 7.90. The van der Waals surface area contributed by atoms with E-state index in [2.05, 4.69) is 4.74 Å². The van der Waals surface area contributed by atoms with Gasteiger partial charge in [0.2, 0.25) is 0 Å². The van der Waals surface area contributed by atoms with Gasteiger partial charge < -0.3 is 4.74 Å². The van der Waals surface area contributed by atoms with Gasteiger partial charge in [-0.2, -0.15) is 0 Å². The second kappa shape index (κ2) is 7.16. The van der Waals surface area contributed by atoms with Crippen LogP contribution in [0.4, 0.5) is 0 Å². The van der Waals surface area contributed by atoms with E-state index in [4.69, 9.17) is 0 Å². The van der Waals surface area contributed by atoms with Crippen LogP contribution in [0, 0.1) is 0 Å². The van der Waals surface area contributed by atoms with Gasteiger partial charge in [0.15, 0.2) is 9.84 Å². The normalized spacial score (nSPS) is 11.2. The fourth-order valence-electron chi connectivity index (χ4n) is 1.59. The zero-order valence-corrected chi connectivity index (χ0v) is 11.3. The lowest BCUT2D eigenvalue weighted by Crippen LogP contribution is -2.10. The first-order chi connectivity index (χ1) is 8.53. The molecule has 18 heavy (non-hydrogen) atoms. The van der Waals surface area contributed by atoms with Crippen molar-refractivity contribution in [1.29, 1.82) is 0 Å². The number of sulfone groups is 1. The van der Waals surface area contributed by atoms with Gasteiger partial charge in [-0.25, -0.2) is 8.42 Å². The molecule has 0 saturated heterocycles. The van der Waals surface area contributed by atoms with E-state index in [0.29, 0.717) is 12.8 Å². The molecule has 1 rings (SSSR count). The summed E-state index contributed by atoms with van der Waals surface area (Å²) >= 11 is 0. The Balaban J connectivity index is 2.35. The van der Waals surface area contributed by atoms with Gasteiger partial charge in [0.05, 0.1) is 18.6 Å². The summed E-state index contributed by atoms with van der Waals surface area (Å²) in [5, 5.41) is 0. The molecule has 0 aliphatic heterocycles. The quantitative estimate of drug-likeness (QED) is 0.561. The van der Waals surface area contributed by atoms with E-state index in [1.54, 1.807) is 12.1 Å². The second-order valence-electron chi connectivity index (χ2n) is 4.11. The molecular formula is C13H18O4S. The molecule has 0 atom stereocenters. The fraction of sp³-hybridized carbons (Fsp3) is 0.462. The van der Waals surface area contributed by atoms with Crippen molar-refractivity contribution in [2.24, 2.45) is 0 Å². The fourth-order valence-corrected chi connectivity index (χ4v) is 3.08. The van der Waals surface area contributed by atoms with Crippen molar-refractivity contribution in [2.75, 3.05) is 12.9 Å². The van der Waals surface area contributed by atoms with Crippen LogP contribution < -0.4 is 0 Å². The number of rotatable bonds is 7. The van der Waals surface area contributed by atoms with E-state index < -0.39 is 9.84 Å². The number of ether oxygens (including phenoxy) is 1. The van der Waals surface area contributed by atoms with Gasteiger partial charge in [0.1, 0.15) is 0 Å². The summed E-state index contributed by atoms with van der Waals surface area (Å²) in [5.41, 5.74) is 0.797. The van der Waals surface area contributed by atoms with Gasteiger partial charge in [-0.3, -0.25) is 4.79 Å². The molecule has 0 radical (unpaired) electrons. The van der Waals surface area contributed by atoms with Gasteiger partial charge in [0, 0.05) is 6.42 Å². The summed E-state index contributed by atoms with van der Waals surface area (Å²) in [5.74, 6) is -0.124. The molecule has 0 bridgehead atoms. The molecule has 0 aliphatic rings. The van der Waals surface area contributed by atoms with E-state index in [-0.39, 0.29) is 23.9 Å². The Morgan fingerprint density at radius 3 is 2.44 bits per heavy atom. The van der Waals surface area contributed by atoms with Crippen molar-refractivity contribution in [1.82, 2.24) is 0 Å². The van der Waals surface area contributed by atoms with E-state index in [1.165, 1.54) is 7.11 Å². The van der Waals surface area contributed by atoms with Crippen molar-refractivity contribution in [3.63, 3.8) is 0 Å². The van der Waals surface area contributed by atoms with Crippen LogP contribution in [0.1, 0.15) is 24.8 Å². The highest BCUT2D eigenvalue weighted by Crippen LogP contribution is 2.09. The molecule has 1 aromatic carbocycles. The Bertz CT molecular complexity index is 465. The Kier molecular flexibility index (Phi) is 5.85. The molecule has 0 aliphatic carbocycles. The topological polar surface area (TPSA) is 60.4 Å². The summed E-state index contributed by atoms with van der Waals surface area (Å²) < 4.78 is 28.1. The zero-order valence-electron chi connectivity index (χ0n) is 10.5. The number of carbonyl (C=O) groups excluding carboxylic acids is 1. The molecule has 0 N–H and O–H groups in total. The van der Waals surface area contributed by atoms with Crippen LogP contribution in [0.3, 0.4) is 0 Å². The van der Waals surface area contributed by atoms with Crippen LogP contribution in [0.5, 0.6) is 0 Å². The predicted octanol–water partition coefficient (Wildman–Crippen LogP) is 1.94. The first-order valence-corrected chi connectivity index (χ1v) is 7.67. The molecule has 4 nitrogen and oxygen atoms in total. The minimum Gasteiger partial charge on any atom is -0.469 e. The van der Waals surface area contributed by atoms with Gasteiger partial charge in [0.25, 0.3) is 0 Å². The van der Waals surface area contributed by atoms with Crippen LogP contribution in [0.15, 0.2) is 30.3 Å². The minimum absolute atomic E-state index is 0.0616. The molecule has 1 aromatic rings. The first kappa shape index (κ1) is 14.7. The Morgan fingerprint density at radius 1 is 1.17 bits per heavy atom. The molecule has 100 valence electrons. The first-order valence-electron chi connectivity index (χ1n) is 5.84. The Labute approximate surface area is 108 Å². The van der Waals surface area contributed by atoms with Crippen molar-refractivity contribution in [3.8, 4) is 0 Å². The average Bonchev–Trinajstić information content (AvgIpc) is 2.35. The lowest BCUT2D eigenvalue weighted by molar-refractivity contribution is -0.140. The number of carbonyl (C=O) groups is 1. The van der Waals surface area contributed by atoms with E-state index in [1.807, 2.05) is 18.2 Å². The zero-order chi connectivity index (χ0) is 13.4. The summed E-state index contributed by atoms with van der Waals surface area (Å²) in [4.78, 5) is 10.9. The number of hydrogen-bond donors (Lipinski definition) is 0. The van der Waals surface area contributed by atoms with Gasteiger partial charge >= 0.3 is 5.97 Å².